The van der Waals surface area contributed by atoms with E-state index in [1.165, 1.54) is 28.7 Å². The van der Waals surface area contributed by atoms with E-state index < -0.39 is 5.91 Å². The molecule has 0 fully saturated rings. The van der Waals surface area contributed by atoms with Gasteiger partial charge in [0.2, 0.25) is 5.91 Å². The molecule has 1 unspecified atom stereocenters. The van der Waals surface area contributed by atoms with Crippen LogP contribution in [0.25, 0.3) is 11.4 Å². The average Bonchev–Trinajstić information content (AvgIpc) is 3.33. The lowest BCUT2D eigenvalue weighted by Gasteiger charge is -2.18. The fraction of sp³-hybridized carbons (Fsp3) is 0.333. The number of amides is 2. The average molecular weight is 482 g/mol. The monoisotopic (exact) mass is 481 g/mol. The van der Waals surface area contributed by atoms with Gasteiger partial charge in [-0.1, -0.05) is 54.6 Å². The maximum Gasteiger partial charge on any atom is 0.251 e. The van der Waals surface area contributed by atoms with Crippen LogP contribution < -0.4 is 11.1 Å². The molecule has 0 bridgehead atoms. The summed E-state index contributed by atoms with van der Waals surface area (Å²) in [6.07, 6.45) is 4.54. The molecule has 0 saturated carbocycles. The second-order valence-electron chi connectivity index (χ2n) is 8.33. The predicted molar refractivity (Wildman–Crippen MR) is 134 cm³/mol. The Labute approximate surface area is 201 Å². The highest BCUT2D eigenvalue weighted by Crippen LogP contribution is 2.39. The van der Waals surface area contributed by atoms with E-state index >= 15 is 0 Å². The van der Waals surface area contributed by atoms with E-state index in [1.807, 2.05) is 35.8 Å². The standard InChI is InChI=1S/C24H27N5O2S2/c1-4-11-29-22(16-8-5-14(2)6-9-16)27-28-24(29)32-13-19(30)26-23-20(21(25)31)17-10-7-15(3)12-18(17)33-23/h4-6,8-9,15H,1,7,10-13H2,2-3H3,(H2,25,31)(H,26,30). The number of nitrogens with zero attached hydrogens (tertiary/aromatic N) is 3. The Kier molecular flexibility index (Phi) is 6.99. The summed E-state index contributed by atoms with van der Waals surface area (Å²) in [5, 5.41) is 12.7. The molecule has 0 spiro atoms. The molecule has 9 heteroatoms. The van der Waals surface area contributed by atoms with Gasteiger partial charge in [0, 0.05) is 17.0 Å². The number of allylic oxidation sites excluding steroid dienone is 1. The number of anilines is 1. The molecule has 0 saturated heterocycles. The minimum absolute atomic E-state index is 0.139. The Morgan fingerprint density at radius 1 is 1.33 bits per heavy atom. The number of aryl methyl sites for hydroxylation is 1. The van der Waals surface area contributed by atoms with E-state index in [0.29, 0.717) is 28.2 Å². The van der Waals surface area contributed by atoms with Crippen molar-refractivity contribution < 1.29 is 9.59 Å². The van der Waals surface area contributed by atoms with Crippen LogP contribution in [0.2, 0.25) is 0 Å². The topological polar surface area (TPSA) is 103 Å². The Bertz CT molecular complexity index is 1200. The smallest absolute Gasteiger partial charge is 0.251 e. The van der Waals surface area contributed by atoms with E-state index in [0.717, 1.165) is 41.1 Å². The maximum absolute atomic E-state index is 12.8. The lowest BCUT2D eigenvalue weighted by Crippen LogP contribution is -2.20. The van der Waals surface area contributed by atoms with Crippen LogP contribution in [0.3, 0.4) is 0 Å². The molecular weight excluding hydrogens is 454 g/mol. The first-order valence-electron chi connectivity index (χ1n) is 10.9. The number of thiophene rings is 1. The molecule has 3 N–H and O–H groups in total. The first kappa shape index (κ1) is 23.3. The van der Waals surface area contributed by atoms with Gasteiger partial charge in [-0.25, -0.2) is 0 Å². The third-order valence-corrected chi connectivity index (χ3v) is 7.82. The van der Waals surface area contributed by atoms with Crippen molar-refractivity contribution in [3.8, 4) is 11.4 Å². The molecule has 2 aromatic heterocycles. The number of carbonyl (C=O) groups excluding carboxylic acids is 2. The van der Waals surface area contributed by atoms with Gasteiger partial charge in [0.1, 0.15) is 5.00 Å². The fourth-order valence-corrected chi connectivity index (χ4v) is 6.18. The van der Waals surface area contributed by atoms with Crippen molar-refractivity contribution in [2.75, 3.05) is 11.1 Å². The number of nitrogens with one attached hydrogen (secondary N) is 1. The Morgan fingerprint density at radius 3 is 2.79 bits per heavy atom. The van der Waals surface area contributed by atoms with Crippen molar-refractivity contribution in [1.82, 2.24) is 14.8 Å². The van der Waals surface area contributed by atoms with Crippen molar-refractivity contribution in [2.45, 2.75) is 44.8 Å². The molecule has 3 aromatic rings. The van der Waals surface area contributed by atoms with Crippen LogP contribution in [0.15, 0.2) is 42.1 Å². The number of primary amides is 1. The SMILES string of the molecule is C=CCn1c(SCC(=O)Nc2sc3c(c2C(N)=O)CCC(C)C3)nnc1-c1ccc(C)cc1. The first-order valence-corrected chi connectivity index (χ1v) is 12.7. The summed E-state index contributed by atoms with van der Waals surface area (Å²) in [4.78, 5) is 26.0. The molecule has 0 aliphatic heterocycles. The highest BCUT2D eigenvalue weighted by atomic mass is 32.2. The first-order chi connectivity index (χ1) is 15.9. The molecule has 1 aliphatic rings. The molecule has 2 amide bonds. The summed E-state index contributed by atoms with van der Waals surface area (Å²) in [5.41, 5.74) is 9.25. The fourth-order valence-electron chi connectivity index (χ4n) is 4.00. The van der Waals surface area contributed by atoms with Crippen molar-refractivity contribution >= 4 is 39.9 Å². The van der Waals surface area contributed by atoms with Crippen LogP contribution >= 0.6 is 23.1 Å². The van der Waals surface area contributed by atoms with E-state index in [1.54, 1.807) is 6.08 Å². The van der Waals surface area contributed by atoms with Crippen LogP contribution in [-0.2, 0) is 24.2 Å². The zero-order valence-electron chi connectivity index (χ0n) is 18.8. The highest BCUT2D eigenvalue weighted by molar-refractivity contribution is 7.99. The molecule has 33 heavy (non-hydrogen) atoms. The van der Waals surface area contributed by atoms with Gasteiger partial charge < -0.3 is 11.1 Å². The lowest BCUT2D eigenvalue weighted by atomic mass is 9.88. The van der Waals surface area contributed by atoms with Crippen molar-refractivity contribution in [2.24, 2.45) is 11.7 Å². The number of hydrogen-bond acceptors (Lipinski definition) is 6. The van der Waals surface area contributed by atoms with Gasteiger partial charge in [-0.05, 0) is 37.7 Å². The highest BCUT2D eigenvalue weighted by Gasteiger charge is 2.27. The molecule has 0 radical (unpaired) electrons. The third kappa shape index (κ3) is 5.04. The van der Waals surface area contributed by atoms with Crippen LogP contribution in [0.5, 0.6) is 0 Å². The van der Waals surface area contributed by atoms with Gasteiger partial charge in [-0.2, -0.15) is 0 Å². The Hall–Kier alpha value is -2.91. The Balaban J connectivity index is 1.49. The van der Waals surface area contributed by atoms with Gasteiger partial charge in [0.05, 0.1) is 11.3 Å². The van der Waals surface area contributed by atoms with Crippen LogP contribution in [0, 0.1) is 12.8 Å². The van der Waals surface area contributed by atoms with Crippen LogP contribution in [0.4, 0.5) is 5.00 Å². The van der Waals surface area contributed by atoms with E-state index in [9.17, 15) is 9.59 Å². The number of carbonyl (C=O) groups is 2. The quantitative estimate of drug-likeness (QED) is 0.365. The zero-order valence-corrected chi connectivity index (χ0v) is 20.4. The number of nitrogens with two attached hydrogens (primary N) is 1. The van der Waals surface area contributed by atoms with Gasteiger partial charge in [0.25, 0.3) is 5.91 Å². The summed E-state index contributed by atoms with van der Waals surface area (Å²) in [6.45, 7) is 8.60. The van der Waals surface area contributed by atoms with Crippen molar-refractivity contribution in [3.63, 3.8) is 0 Å². The number of benzene rings is 1. The second kappa shape index (κ2) is 9.93. The molecular formula is C24H27N5O2S2. The Morgan fingerprint density at radius 2 is 2.09 bits per heavy atom. The number of hydrogen-bond donors (Lipinski definition) is 2. The number of rotatable bonds is 8. The zero-order chi connectivity index (χ0) is 23.5. The number of fused-ring (bicyclic) bond motifs is 1. The normalized spacial score (nSPS) is 15.2. The summed E-state index contributed by atoms with van der Waals surface area (Å²) in [7, 11) is 0. The molecule has 1 atom stereocenters. The summed E-state index contributed by atoms with van der Waals surface area (Å²) < 4.78 is 1.94. The van der Waals surface area contributed by atoms with E-state index in [4.69, 9.17) is 5.73 Å². The minimum Gasteiger partial charge on any atom is -0.365 e. The maximum atomic E-state index is 12.8. The molecule has 172 valence electrons. The van der Waals surface area contributed by atoms with Gasteiger partial charge in [-0.15, -0.1) is 28.1 Å². The van der Waals surface area contributed by atoms with E-state index in [2.05, 4.69) is 29.0 Å². The largest absolute Gasteiger partial charge is 0.365 e. The second-order valence-corrected chi connectivity index (χ2v) is 10.4. The predicted octanol–water partition coefficient (Wildman–Crippen LogP) is 4.46. The lowest BCUT2D eigenvalue weighted by molar-refractivity contribution is -0.113. The number of aromatic nitrogens is 3. The molecule has 1 aliphatic carbocycles. The summed E-state index contributed by atoms with van der Waals surface area (Å²) in [5.74, 6) is 0.738. The van der Waals surface area contributed by atoms with Crippen molar-refractivity contribution in [1.29, 1.82) is 0 Å². The molecule has 2 heterocycles. The van der Waals surface area contributed by atoms with Gasteiger partial charge in [-0.3, -0.25) is 14.2 Å². The summed E-state index contributed by atoms with van der Waals surface area (Å²) >= 11 is 2.77. The van der Waals surface area contributed by atoms with Crippen LogP contribution in [0.1, 0.15) is 39.7 Å². The molecule has 4 rings (SSSR count). The molecule has 1 aromatic carbocycles. The summed E-state index contributed by atoms with van der Waals surface area (Å²) in [6, 6.07) is 8.07. The third-order valence-electron chi connectivity index (χ3n) is 5.68. The van der Waals surface area contributed by atoms with Gasteiger partial charge in [0.15, 0.2) is 11.0 Å². The van der Waals surface area contributed by atoms with Crippen molar-refractivity contribution in [3.05, 3.63) is 58.5 Å². The van der Waals surface area contributed by atoms with E-state index in [-0.39, 0.29) is 11.7 Å². The minimum atomic E-state index is -0.488. The van der Waals surface area contributed by atoms with Crippen LogP contribution in [-0.4, -0.2) is 32.3 Å². The molecule has 7 nitrogen and oxygen atoms in total. The van der Waals surface area contributed by atoms with Gasteiger partial charge >= 0.3 is 0 Å². The number of thioether (sulfide) groups is 1.